The van der Waals surface area contributed by atoms with Crippen molar-refractivity contribution >= 4 is 15.9 Å². The van der Waals surface area contributed by atoms with Crippen molar-refractivity contribution in [1.82, 2.24) is 10.2 Å². The lowest BCUT2D eigenvalue weighted by molar-refractivity contribution is 0.387. The maximum atomic E-state index is 13.7. The van der Waals surface area contributed by atoms with Crippen LogP contribution in [0.15, 0.2) is 16.6 Å². The molecule has 1 fully saturated rings. The van der Waals surface area contributed by atoms with Crippen LogP contribution in [-0.4, -0.2) is 31.6 Å². The summed E-state index contributed by atoms with van der Waals surface area (Å²) in [5.74, 6) is -0.425. The van der Waals surface area contributed by atoms with E-state index >= 15 is 0 Å². The van der Waals surface area contributed by atoms with Crippen LogP contribution in [0.2, 0.25) is 0 Å². The zero-order chi connectivity index (χ0) is 13.1. The minimum Gasteiger partial charge on any atom is -0.312 e. The van der Waals surface area contributed by atoms with Crippen molar-refractivity contribution < 1.29 is 8.78 Å². The fourth-order valence-electron chi connectivity index (χ4n) is 2.33. The van der Waals surface area contributed by atoms with Gasteiger partial charge in [-0.15, -0.1) is 0 Å². The van der Waals surface area contributed by atoms with Gasteiger partial charge >= 0.3 is 0 Å². The summed E-state index contributed by atoms with van der Waals surface area (Å²) < 4.78 is 27.5. The third-order valence-electron chi connectivity index (χ3n) is 3.36. The molecule has 1 atom stereocenters. The molecule has 100 valence electrons. The fourth-order valence-corrected chi connectivity index (χ4v) is 2.70. The first-order chi connectivity index (χ1) is 8.58. The number of nitrogens with zero attached hydrogens (tertiary/aromatic N) is 1. The van der Waals surface area contributed by atoms with Crippen molar-refractivity contribution in [1.29, 1.82) is 0 Å². The number of benzene rings is 1. The molecular formula is C13H17BrF2N2. The Morgan fingerprint density at radius 3 is 2.89 bits per heavy atom. The average molecular weight is 319 g/mol. The molecule has 0 saturated carbocycles. The maximum Gasteiger partial charge on any atom is 0.144 e. The van der Waals surface area contributed by atoms with Gasteiger partial charge in [0.1, 0.15) is 11.6 Å². The van der Waals surface area contributed by atoms with Crippen molar-refractivity contribution in [3.63, 3.8) is 0 Å². The predicted octanol–water partition coefficient (Wildman–Crippen LogP) is 2.77. The number of halogens is 3. The number of hydrogen-bond acceptors (Lipinski definition) is 2. The molecule has 1 aromatic carbocycles. The molecule has 0 spiro atoms. The number of hydrogen-bond donors (Lipinski definition) is 1. The minimum atomic E-state index is -0.508. The molecule has 0 radical (unpaired) electrons. The van der Waals surface area contributed by atoms with Crippen LogP contribution in [0.5, 0.6) is 0 Å². The Labute approximate surface area is 114 Å². The highest BCUT2D eigenvalue weighted by Crippen LogP contribution is 2.21. The molecule has 1 N–H and O–H groups in total. The maximum absolute atomic E-state index is 13.7. The van der Waals surface area contributed by atoms with Gasteiger partial charge in [0.2, 0.25) is 0 Å². The second-order valence-corrected chi connectivity index (χ2v) is 5.72. The molecule has 0 aromatic heterocycles. The van der Waals surface area contributed by atoms with E-state index in [4.69, 9.17) is 0 Å². The number of nitrogens with one attached hydrogen (secondary N) is 1. The Hall–Kier alpha value is -0.520. The van der Waals surface area contributed by atoms with Crippen LogP contribution in [-0.2, 0) is 6.54 Å². The standard InChI is InChI=1S/C13H17BrF2N2/c1-18-5-4-9(8-18)6-17-7-10-12(15)3-2-11(14)13(10)16/h2-3,9,17H,4-8H2,1H3. The Kier molecular flexibility index (Phi) is 4.70. The van der Waals surface area contributed by atoms with Crippen LogP contribution in [0.4, 0.5) is 8.78 Å². The Balaban J connectivity index is 1.88. The summed E-state index contributed by atoms with van der Waals surface area (Å²) >= 11 is 3.07. The van der Waals surface area contributed by atoms with Crippen molar-refractivity contribution in [2.24, 2.45) is 5.92 Å². The SMILES string of the molecule is CN1CCC(CNCc2c(F)ccc(Br)c2F)C1. The molecule has 2 nitrogen and oxygen atoms in total. The van der Waals surface area contributed by atoms with Crippen LogP contribution in [0.1, 0.15) is 12.0 Å². The molecule has 1 heterocycles. The van der Waals surface area contributed by atoms with Crippen LogP contribution in [0.25, 0.3) is 0 Å². The van der Waals surface area contributed by atoms with E-state index in [1.807, 2.05) is 0 Å². The predicted molar refractivity (Wildman–Crippen MR) is 71.4 cm³/mol. The molecule has 0 bridgehead atoms. The summed E-state index contributed by atoms with van der Waals surface area (Å²) in [6.45, 7) is 3.19. The highest BCUT2D eigenvalue weighted by molar-refractivity contribution is 9.10. The van der Waals surface area contributed by atoms with E-state index in [0.717, 1.165) is 26.1 Å². The second kappa shape index (κ2) is 6.08. The van der Waals surface area contributed by atoms with Crippen molar-refractivity contribution in [3.8, 4) is 0 Å². The minimum absolute atomic E-state index is 0.107. The van der Waals surface area contributed by atoms with Gasteiger partial charge in [-0.3, -0.25) is 0 Å². The van der Waals surface area contributed by atoms with Gasteiger partial charge in [-0.1, -0.05) is 0 Å². The van der Waals surface area contributed by atoms with Crippen LogP contribution in [0.3, 0.4) is 0 Å². The van der Waals surface area contributed by atoms with E-state index in [2.05, 4.69) is 33.2 Å². The van der Waals surface area contributed by atoms with Crippen LogP contribution >= 0.6 is 15.9 Å². The molecule has 1 unspecified atom stereocenters. The summed E-state index contributed by atoms with van der Waals surface area (Å²) in [7, 11) is 2.09. The van der Waals surface area contributed by atoms with Crippen molar-refractivity contribution in [2.45, 2.75) is 13.0 Å². The van der Waals surface area contributed by atoms with Crippen LogP contribution < -0.4 is 5.32 Å². The first kappa shape index (κ1) is 13.9. The van der Waals surface area contributed by atoms with Gasteiger partial charge in [0.15, 0.2) is 0 Å². The molecule has 1 aliphatic heterocycles. The molecule has 1 saturated heterocycles. The molecule has 5 heteroatoms. The smallest absolute Gasteiger partial charge is 0.144 e. The first-order valence-corrected chi connectivity index (χ1v) is 6.89. The normalized spacial score (nSPS) is 20.6. The molecular weight excluding hydrogens is 302 g/mol. The lowest BCUT2D eigenvalue weighted by Gasteiger charge is -2.12. The zero-order valence-electron chi connectivity index (χ0n) is 10.3. The summed E-state index contributed by atoms with van der Waals surface area (Å²) in [5.41, 5.74) is 0.107. The van der Waals surface area contributed by atoms with E-state index in [-0.39, 0.29) is 12.1 Å². The molecule has 2 rings (SSSR count). The molecule has 1 aromatic rings. The second-order valence-electron chi connectivity index (χ2n) is 4.87. The van der Waals surface area contributed by atoms with E-state index in [0.29, 0.717) is 10.4 Å². The van der Waals surface area contributed by atoms with Crippen LogP contribution in [0, 0.1) is 17.6 Å². The highest BCUT2D eigenvalue weighted by atomic mass is 79.9. The molecule has 1 aliphatic rings. The number of rotatable bonds is 4. The van der Waals surface area contributed by atoms with Gasteiger partial charge in [-0.2, -0.15) is 0 Å². The summed E-state index contributed by atoms with van der Waals surface area (Å²) in [6.07, 6.45) is 1.15. The monoisotopic (exact) mass is 318 g/mol. The molecule has 18 heavy (non-hydrogen) atoms. The van der Waals surface area contributed by atoms with Gasteiger partial charge in [0, 0.05) is 18.7 Å². The Morgan fingerprint density at radius 1 is 1.44 bits per heavy atom. The summed E-state index contributed by atoms with van der Waals surface area (Å²) in [4.78, 5) is 2.27. The number of likely N-dealkylation sites (tertiary alicyclic amines) is 1. The fraction of sp³-hybridized carbons (Fsp3) is 0.538. The lowest BCUT2D eigenvalue weighted by Crippen LogP contribution is -2.25. The highest BCUT2D eigenvalue weighted by Gasteiger charge is 2.19. The lowest BCUT2D eigenvalue weighted by atomic mass is 10.1. The Morgan fingerprint density at radius 2 is 2.22 bits per heavy atom. The van der Waals surface area contributed by atoms with Gasteiger partial charge in [-0.25, -0.2) is 8.78 Å². The molecule has 0 aliphatic carbocycles. The summed E-state index contributed by atoms with van der Waals surface area (Å²) in [5, 5.41) is 3.15. The Bertz CT molecular complexity index is 426. The largest absolute Gasteiger partial charge is 0.312 e. The zero-order valence-corrected chi connectivity index (χ0v) is 11.9. The van der Waals surface area contributed by atoms with Gasteiger partial charge in [0.25, 0.3) is 0 Å². The van der Waals surface area contributed by atoms with Gasteiger partial charge < -0.3 is 10.2 Å². The van der Waals surface area contributed by atoms with E-state index in [9.17, 15) is 8.78 Å². The van der Waals surface area contributed by atoms with E-state index in [1.165, 1.54) is 12.1 Å². The average Bonchev–Trinajstić information content (AvgIpc) is 2.74. The third kappa shape index (κ3) is 3.28. The summed E-state index contributed by atoms with van der Waals surface area (Å²) in [6, 6.07) is 2.67. The van der Waals surface area contributed by atoms with Gasteiger partial charge in [0.05, 0.1) is 4.47 Å². The quantitative estimate of drug-likeness (QED) is 0.859. The van der Waals surface area contributed by atoms with Gasteiger partial charge in [-0.05, 0) is 60.5 Å². The van der Waals surface area contributed by atoms with Crippen molar-refractivity contribution in [3.05, 3.63) is 33.8 Å². The first-order valence-electron chi connectivity index (χ1n) is 6.09. The van der Waals surface area contributed by atoms with E-state index < -0.39 is 11.6 Å². The van der Waals surface area contributed by atoms with E-state index in [1.54, 1.807) is 0 Å². The molecule has 0 amide bonds. The third-order valence-corrected chi connectivity index (χ3v) is 3.98. The topological polar surface area (TPSA) is 15.3 Å². The van der Waals surface area contributed by atoms with Crippen molar-refractivity contribution in [2.75, 3.05) is 26.7 Å².